The third kappa shape index (κ3) is 4.46. The molecule has 0 spiro atoms. The molecule has 0 saturated carbocycles. The zero-order chi connectivity index (χ0) is 16.1. The van der Waals surface area contributed by atoms with E-state index in [-0.39, 0.29) is 5.91 Å². The van der Waals surface area contributed by atoms with E-state index >= 15 is 0 Å². The zero-order valence-electron chi connectivity index (χ0n) is 13.5. The van der Waals surface area contributed by atoms with Crippen LogP contribution in [0, 0.1) is 0 Å². The number of hydrogen-bond acceptors (Lipinski definition) is 4. The van der Waals surface area contributed by atoms with Gasteiger partial charge in [-0.25, -0.2) is 0 Å². The number of amides is 1. The van der Waals surface area contributed by atoms with Crippen molar-refractivity contribution >= 4 is 35.1 Å². The Morgan fingerprint density at radius 2 is 2.05 bits per heavy atom. The second kappa shape index (κ2) is 7.97. The molecule has 0 fully saturated rings. The second-order valence-corrected chi connectivity index (χ2v) is 8.48. The van der Waals surface area contributed by atoms with Gasteiger partial charge in [0.2, 0.25) is 0 Å². The molecule has 1 aliphatic heterocycles. The normalized spacial score (nSPS) is 16.4. The quantitative estimate of drug-likeness (QED) is 0.836. The van der Waals surface area contributed by atoms with Crippen LogP contribution in [0.4, 0.5) is 5.69 Å². The lowest BCUT2D eigenvalue weighted by atomic mass is 10.1. The molecule has 0 aromatic heterocycles. The van der Waals surface area contributed by atoms with Gasteiger partial charge in [-0.1, -0.05) is 32.0 Å². The molecule has 0 radical (unpaired) electrons. The average molecular weight is 338 g/mol. The number of thioether (sulfide) groups is 2. The van der Waals surface area contributed by atoms with E-state index in [4.69, 9.17) is 4.74 Å². The van der Waals surface area contributed by atoms with Crippen molar-refractivity contribution in [1.29, 1.82) is 0 Å². The van der Waals surface area contributed by atoms with E-state index in [9.17, 15) is 4.79 Å². The molecule has 3 nitrogen and oxygen atoms in total. The van der Waals surface area contributed by atoms with Crippen LogP contribution in [0.3, 0.4) is 0 Å². The van der Waals surface area contributed by atoms with Crippen LogP contribution in [0.1, 0.15) is 38.5 Å². The molecule has 120 valence electrons. The Morgan fingerprint density at radius 3 is 2.73 bits per heavy atom. The van der Waals surface area contributed by atoms with Crippen LogP contribution in [0.25, 0.3) is 0 Å². The van der Waals surface area contributed by atoms with Crippen molar-refractivity contribution in [3.8, 4) is 0 Å². The first kappa shape index (κ1) is 17.3. The molecule has 1 unspecified atom stereocenters. The Labute approximate surface area is 141 Å². The van der Waals surface area contributed by atoms with Crippen LogP contribution in [-0.2, 0) is 9.53 Å². The van der Waals surface area contributed by atoms with E-state index in [0.717, 1.165) is 22.8 Å². The van der Waals surface area contributed by atoms with Gasteiger partial charge in [-0.05, 0) is 30.7 Å². The van der Waals surface area contributed by atoms with Gasteiger partial charge >= 0.3 is 0 Å². The van der Waals surface area contributed by atoms with Crippen LogP contribution in [0.2, 0.25) is 0 Å². The molecule has 5 heteroatoms. The Balaban J connectivity index is 2.17. The van der Waals surface area contributed by atoms with E-state index in [0.29, 0.717) is 22.0 Å². The lowest BCUT2D eigenvalue weighted by Crippen LogP contribution is -2.19. The van der Waals surface area contributed by atoms with Crippen molar-refractivity contribution in [2.75, 3.05) is 17.7 Å². The summed E-state index contributed by atoms with van der Waals surface area (Å²) in [5.41, 5.74) is 2.05. The summed E-state index contributed by atoms with van der Waals surface area (Å²) in [6.07, 6.45) is 0. The third-order valence-corrected chi connectivity index (χ3v) is 5.64. The van der Waals surface area contributed by atoms with Crippen molar-refractivity contribution in [2.24, 2.45) is 0 Å². The molecule has 2 rings (SSSR count). The summed E-state index contributed by atoms with van der Waals surface area (Å²) in [5, 5.41) is 3.94. The van der Waals surface area contributed by atoms with E-state index in [1.54, 1.807) is 11.8 Å². The van der Waals surface area contributed by atoms with Gasteiger partial charge in [0.15, 0.2) is 0 Å². The highest BCUT2D eigenvalue weighted by Gasteiger charge is 2.20. The fourth-order valence-electron chi connectivity index (χ4n) is 2.36. The Morgan fingerprint density at radius 1 is 1.32 bits per heavy atom. The number of nitrogens with one attached hydrogen (secondary N) is 1. The minimum atomic E-state index is -0.0728. The van der Waals surface area contributed by atoms with Gasteiger partial charge in [-0.15, -0.1) is 11.8 Å². The predicted molar refractivity (Wildman–Crippen MR) is 97.3 cm³/mol. The van der Waals surface area contributed by atoms with Crippen molar-refractivity contribution < 1.29 is 9.53 Å². The maximum atomic E-state index is 12.5. The number of para-hydroxylation sites is 1. The van der Waals surface area contributed by atoms with E-state index in [1.807, 2.05) is 36.9 Å². The maximum Gasteiger partial charge on any atom is 0.265 e. The summed E-state index contributed by atoms with van der Waals surface area (Å²) in [7, 11) is 0. The average Bonchev–Trinajstić information content (AvgIpc) is 2.47. The minimum absolute atomic E-state index is 0.0728. The lowest BCUT2D eigenvalue weighted by Gasteiger charge is -2.21. The maximum absolute atomic E-state index is 12.5. The first-order valence-corrected chi connectivity index (χ1v) is 9.44. The largest absolute Gasteiger partial charge is 0.496 e. The number of allylic oxidation sites excluding steroid dienone is 1. The minimum Gasteiger partial charge on any atom is -0.496 e. The molecule has 0 bridgehead atoms. The highest BCUT2D eigenvalue weighted by Crippen LogP contribution is 2.36. The van der Waals surface area contributed by atoms with Gasteiger partial charge < -0.3 is 10.1 Å². The van der Waals surface area contributed by atoms with Crippen molar-refractivity contribution in [3.63, 3.8) is 0 Å². The first-order chi connectivity index (χ1) is 10.5. The molecule has 1 atom stereocenters. The summed E-state index contributed by atoms with van der Waals surface area (Å²) >= 11 is 3.45. The summed E-state index contributed by atoms with van der Waals surface area (Å²) < 4.78 is 5.47. The van der Waals surface area contributed by atoms with Crippen molar-refractivity contribution in [3.05, 3.63) is 40.5 Å². The molecule has 1 N–H and O–H groups in total. The SMILES string of the molecule is CC1=C(C(=O)Nc2ccccc2C(C)SC(C)C)SCCO1. The lowest BCUT2D eigenvalue weighted by molar-refractivity contribution is -0.112. The molecular formula is C17H23NO2S2. The number of hydrogen-bond donors (Lipinski definition) is 1. The number of benzene rings is 1. The number of carbonyl (C=O) groups is 1. The Bertz CT molecular complexity index is 570. The van der Waals surface area contributed by atoms with Crippen molar-refractivity contribution in [2.45, 2.75) is 38.2 Å². The molecular weight excluding hydrogens is 314 g/mol. The molecule has 22 heavy (non-hydrogen) atoms. The van der Waals surface area contributed by atoms with Gasteiger partial charge in [0.05, 0.1) is 6.61 Å². The highest BCUT2D eigenvalue weighted by atomic mass is 32.2. The fraction of sp³-hybridized carbons (Fsp3) is 0.471. The standard InChI is InChI=1S/C17H23NO2S2/c1-11(2)22-13(4)14-7-5-6-8-15(14)18-17(19)16-12(3)20-9-10-21-16/h5-8,11,13H,9-10H2,1-4H3,(H,18,19). The molecule has 0 aliphatic carbocycles. The van der Waals surface area contributed by atoms with Gasteiger partial charge in [-0.3, -0.25) is 4.79 Å². The van der Waals surface area contributed by atoms with Crippen LogP contribution >= 0.6 is 23.5 Å². The Hall–Kier alpha value is -1.07. The number of anilines is 1. The van der Waals surface area contributed by atoms with E-state index < -0.39 is 0 Å². The molecule has 1 aromatic rings. The predicted octanol–water partition coefficient (Wildman–Crippen LogP) is 4.82. The summed E-state index contributed by atoms with van der Waals surface area (Å²) in [6, 6.07) is 8.03. The zero-order valence-corrected chi connectivity index (χ0v) is 15.1. The van der Waals surface area contributed by atoms with Crippen LogP contribution in [0.15, 0.2) is 34.9 Å². The monoisotopic (exact) mass is 337 g/mol. The van der Waals surface area contributed by atoms with Crippen LogP contribution in [-0.4, -0.2) is 23.5 Å². The topological polar surface area (TPSA) is 38.3 Å². The Kier molecular flexibility index (Phi) is 6.26. The van der Waals surface area contributed by atoms with E-state index in [1.165, 1.54) is 0 Å². The number of carbonyl (C=O) groups excluding carboxylic acids is 1. The molecule has 0 saturated heterocycles. The van der Waals surface area contributed by atoms with Gasteiger partial charge in [0, 0.05) is 16.7 Å². The number of ether oxygens (including phenoxy) is 1. The van der Waals surface area contributed by atoms with Gasteiger partial charge in [0.1, 0.15) is 10.7 Å². The highest BCUT2D eigenvalue weighted by molar-refractivity contribution is 8.04. The summed E-state index contributed by atoms with van der Waals surface area (Å²) in [4.78, 5) is 13.2. The molecule has 1 heterocycles. The smallest absolute Gasteiger partial charge is 0.265 e. The van der Waals surface area contributed by atoms with Crippen molar-refractivity contribution in [1.82, 2.24) is 0 Å². The molecule has 1 amide bonds. The summed E-state index contributed by atoms with van der Waals surface area (Å²) in [6.45, 7) is 9.08. The van der Waals surface area contributed by atoms with Crippen LogP contribution < -0.4 is 5.32 Å². The van der Waals surface area contributed by atoms with E-state index in [2.05, 4.69) is 32.2 Å². The van der Waals surface area contributed by atoms with Gasteiger partial charge in [0.25, 0.3) is 5.91 Å². The fourth-order valence-corrected chi connectivity index (χ4v) is 4.34. The second-order valence-electron chi connectivity index (χ2n) is 5.45. The summed E-state index contributed by atoms with van der Waals surface area (Å²) in [5.74, 6) is 1.47. The van der Waals surface area contributed by atoms with Crippen LogP contribution in [0.5, 0.6) is 0 Å². The molecule has 1 aliphatic rings. The van der Waals surface area contributed by atoms with Gasteiger partial charge in [-0.2, -0.15) is 11.8 Å². The first-order valence-electron chi connectivity index (χ1n) is 7.51. The number of rotatable bonds is 5. The third-order valence-electron chi connectivity index (χ3n) is 3.30. The molecule has 1 aromatic carbocycles.